The van der Waals surface area contributed by atoms with Gasteiger partial charge in [-0.15, -0.1) is 0 Å². The number of amides is 2. The smallest absolute Gasteiger partial charge is 0.244 e. The molecule has 8 nitrogen and oxygen atoms in total. The first-order valence-corrected chi connectivity index (χ1v) is 15.3. The molecule has 3 aromatic carbocycles. The van der Waals surface area contributed by atoms with E-state index >= 15 is 0 Å². The molecule has 0 radical (unpaired) electrons. The van der Waals surface area contributed by atoms with Crippen LogP contribution in [0.4, 0.5) is 5.69 Å². The lowest BCUT2D eigenvalue weighted by Gasteiger charge is -2.33. The first-order valence-electron chi connectivity index (χ1n) is 13.4. The van der Waals surface area contributed by atoms with Crippen molar-refractivity contribution in [1.29, 1.82) is 0 Å². The maximum Gasteiger partial charge on any atom is 0.244 e. The summed E-state index contributed by atoms with van der Waals surface area (Å²) in [6, 6.07) is 22.9. The summed E-state index contributed by atoms with van der Waals surface area (Å²) >= 11 is 0. The Morgan fingerprint density at radius 1 is 0.950 bits per heavy atom. The van der Waals surface area contributed by atoms with Crippen LogP contribution in [0.2, 0.25) is 0 Å². The molecule has 0 saturated carbocycles. The van der Waals surface area contributed by atoms with Gasteiger partial charge < -0.3 is 15.0 Å². The van der Waals surface area contributed by atoms with Crippen LogP contribution in [-0.2, 0) is 32.6 Å². The number of benzene rings is 3. The minimum atomic E-state index is -3.82. The number of anilines is 1. The SMILES string of the molecule is CCCCNC(=O)[C@@H](Cc1ccccc1)N(Cc1cccc(C)c1)C(=O)CN(c1ccc(OC)cc1)S(C)(=O)=O. The van der Waals surface area contributed by atoms with Crippen LogP contribution in [0.15, 0.2) is 78.9 Å². The fourth-order valence-electron chi connectivity index (χ4n) is 4.43. The molecule has 2 amide bonds. The van der Waals surface area contributed by atoms with Crippen LogP contribution >= 0.6 is 0 Å². The molecule has 9 heteroatoms. The zero-order chi connectivity index (χ0) is 29.1. The van der Waals surface area contributed by atoms with Crippen molar-refractivity contribution in [2.75, 3.05) is 30.8 Å². The Hall–Kier alpha value is -3.85. The van der Waals surface area contributed by atoms with Crippen LogP contribution < -0.4 is 14.4 Å². The van der Waals surface area contributed by atoms with Gasteiger partial charge in [0.25, 0.3) is 0 Å². The molecule has 0 saturated heterocycles. The second-order valence-electron chi connectivity index (χ2n) is 9.83. The molecule has 0 spiro atoms. The molecule has 3 rings (SSSR count). The average molecular weight is 566 g/mol. The van der Waals surface area contributed by atoms with E-state index in [2.05, 4.69) is 5.32 Å². The van der Waals surface area contributed by atoms with Gasteiger partial charge in [-0.2, -0.15) is 0 Å². The molecule has 40 heavy (non-hydrogen) atoms. The minimum Gasteiger partial charge on any atom is -0.497 e. The van der Waals surface area contributed by atoms with Crippen LogP contribution in [0.5, 0.6) is 5.75 Å². The third-order valence-electron chi connectivity index (χ3n) is 6.58. The van der Waals surface area contributed by atoms with E-state index in [1.807, 2.05) is 68.4 Å². The molecule has 0 aliphatic carbocycles. The standard InChI is InChI=1S/C31H39N3O5S/c1-5-6-19-32-31(36)29(21-25-12-8-7-9-13-25)33(22-26-14-10-11-24(2)20-26)30(35)23-34(40(4,37)38)27-15-17-28(39-3)18-16-27/h7-18,20,29H,5-6,19,21-23H2,1-4H3,(H,32,36)/t29-/m1/s1. The molecule has 0 bridgehead atoms. The van der Waals surface area contributed by atoms with Crippen LogP contribution in [0, 0.1) is 6.92 Å². The van der Waals surface area contributed by atoms with Gasteiger partial charge in [0.15, 0.2) is 0 Å². The number of hydrogen-bond donors (Lipinski definition) is 1. The van der Waals surface area contributed by atoms with Crippen molar-refractivity contribution in [3.05, 3.63) is 95.6 Å². The molecular formula is C31H39N3O5S. The lowest BCUT2D eigenvalue weighted by Crippen LogP contribution is -2.53. The van der Waals surface area contributed by atoms with Gasteiger partial charge in [-0.1, -0.05) is 73.5 Å². The van der Waals surface area contributed by atoms with Crippen molar-refractivity contribution in [2.45, 2.75) is 45.7 Å². The summed E-state index contributed by atoms with van der Waals surface area (Å²) < 4.78 is 32.0. The Morgan fingerprint density at radius 2 is 1.62 bits per heavy atom. The van der Waals surface area contributed by atoms with Crippen molar-refractivity contribution in [3.63, 3.8) is 0 Å². The number of unbranched alkanes of at least 4 members (excludes halogenated alkanes) is 1. The predicted molar refractivity (Wildman–Crippen MR) is 159 cm³/mol. The van der Waals surface area contributed by atoms with E-state index < -0.39 is 28.5 Å². The monoisotopic (exact) mass is 565 g/mol. The molecule has 0 unspecified atom stereocenters. The van der Waals surface area contributed by atoms with Crippen LogP contribution in [0.25, 0.3) is 0 Å². The molecule has 3 aromatic rings. The number of rotatable bonds is 14. The van der Waals surface area contributed by atoms with Gasteiger partial charge in [0.2, 0.25) is 21.8 Å². The molecule has 0 aromatic heterocycles. The molecule has 1 atom stereocenters. The minimum absolute atomic E-state index is 0.152. The largest absolute Gasteiger partial charge is 0.497 e. The second-order valence-corrected chi connectivity index (χ2v) is 11.7. The fourth-order valence-corrected chi connectivity index (χ4v) is 5.28. The van der Waals surface area contributed by atoms with Crippen LogP contribution in [-0.4, -0.2) is 57.6 Å². The molecule has 1 N–H and O–H groups in total. The molecular weight excluding hydrogens is 526 g/mol. The molecule has 0 fully saturated rings. The maximum atomic E-state index is 14.1. The van der Waals surface area contributed by atoms with Crippen molar-refractivity contribution < 1.29 is 22.7 Å². The highest BCUT2D eigenvalue weighted by molar-refractivity contribution is 7.92. The Balaban J connectivity index is 2.02. The Morgan fingerprint density at radius 3 is 2.23 bits per heavy atom. The highest BCUT2D eigenvalue weighted by Crippen LogP contribution is 2.23. The maximum absolute atomic E-state index is 14.1. The van der Waals surface area contributed by atoms with Gasteiger partial charge >= 0.3 is 0 Å². The zero-order valence-corrected chi connectivity index (χ0v) is 24.5. The quantitative estimate of drug-likeness (QED) is 0.294. The lowest BCUT2D eigenvalue weighted by atomic mass is 10.0. The number of ether oxygens (including phenoxy) is 1. The van der Waals surface area contributed by atoms with Crippen molar-refractivity contribution >= 4 is 27.5 Å². The van der Waals surface area contributed by atoms with Gasteiger partial charge in [-0.3, -0.25) is 13.9 Å². The van der Waals surface area contributed by atoms with E-state index in [1.54, 1.807) is 24.3 Å². The number of methoxy groups -OCH3 is 1. The second kappa shape index (κ2) is 14.5. The molecule has 214 valence electrons. The zero-order valence-electron chi connectivity index (χ0n) is 23.7. The number of carbonyl (C=O) groups excluding carboxylic acids is 2. The van der Waals surface area contributed by atoms with E-state index in [4.69, 9.17) is 4.74 Å². The summed E-state index contributed by atoms with van der Waals surface area (Å²) in [4.78, 5) is 29.2. The molecule has 0 aliphatic heterocycles. The van der Waals surface area contributed by atoms with Gasteiger partial charge in [0, 0.05) is 19.5 Å². The Labute approximate surface area is 238 Å². The van der Waals surface area contributed by atoms with Gasteiger partial charge in [-0.25, -0.2) is 8.42 Å². The Kier molecular flexibility index (Phi) is 11.1. The third kappa shape index (κ3) is 8.84. The third-order valence-corrected chi connectivity index (χ3v) is 7.72. The van der Waals surface area contributed by atoms with Crippen molar-refractivity contribution in [2.24, 2.45) is 0 Å². The van der Waals surface area contributed by atoms with E-state index in [-0.39, 0.29) is 18.9 Å². The summed E-state index contributed by atoms with van der Waals surface area (Å²) in [6.45, 7) is 4.20. The number of aryl methyl sites for hydroxylation is 1. The highest BCUT2D eigenvalue weighted by Gasteiger charge is 2.33. The Bertz CT molecular complexity index is 1360. The van der Waals surface area contributed by atoms with E-state index in [0.29, 0.717) is 18.0 Å². The number of nitrogens with one attached hydrogen (secondary N) is 1. The summed E-state index contributed by atoms with van der Waals surface area (Å²) in [5.41, 5.74) is 3.10. The van der Waals surface area contributed by atoms with Crippen LogP contribution in [0.3, 0.4) is 0 Å². The number of carbonyl (C=O) groups is 2. The number of hydrogen-bond acceptors (Lipinski definition) is 5. The number of sulfonamides is 1. The predicted octanol–water partition coefficient (Wildman–Crippen LogP) is 4.33. The van der Waals surface area contributed by atoms with E-state index in [0.717, 1.165) is 40.1 Å². The van der Waals surface area contributed by atoms with Gasteiger partial charge in [0.05, 0.1) is 19.1 Å². The van der Waals surface area contributed by atoms with Gasteiger partial charge in [0.1, 0.15) is 18.3 Å². The van der Waals surface area contributed by atoms with Crippen molar-refractivity contribution in [1.82, 2.24) is 10.2 Å². The highest BCUT2D eigenvalue weighted by atomic mass is 32.2. The first kappa shape index (κ1) is 30.7. The lowest BCUT2D eigenvalue weighted by molar-refractivity contribution is -0.140. The first-order chi connectivity index (χ1) is 19.1. The summed E-state index contributed by atoms with van der Waals surface area (Å²) in [5.74, 6) is -0.181. The van der Waals surface area contributed by atoms with Crippen LogP contribution in [0.1, 0.15) is 36.5 Å². The van der Waals surface area contributed by atoms with E-state index in [1.165, 1.54) is 12.0 Å². The molecule has 0 aliphatic rings. The summed E-state index contributed by atoms with van der Waals surface area (Å²) in [5, 5.41) is 2.99. The topological polar surface area (TPSA) is 96.0 Å². The van der Waals surface area contributed by atoms with Gasteiger partial charge in [-0.05, 0) is 48.7 Å². The number of nitrogens with zero attached hydrogens (tertiary/aromatic N) is 2. The molecule has 0 heterocycles. The normalized spacial score (nSPS) is 11.9. The van der Waals surface area contributed by atoms with Crippen molar-refractivity contribution in [3.8, 4) is 5.75 Å². The fraction of sp³-hybridized carbons (Fsp3) is 0.355. The average Bonchev–Trinajstić information content (AvgIpc) is 2.93. The summed E-state index contributed by atoms with van der Waals surface area (Å²) in [6.07, 6.45) is 3.09. The van der Waals surface area contributed by atoms with E-state index in [9.17, 15) is 18.0 Å². The summed E-state index contributed by atoms with van der Waals surface area (Å²) in [7, 11) is -2.30.